The number of carbonyl (C=O) groups excluding carboxylic acids is 1. The molecule has 0 atom stereocenters. The van der Waals surface area contributed by atoms with E-state index in [2.05, 4.69) is 10.5 Å². The molecule has 1 N–H and O–H groups in total. The third-order valence-corrected chi connectivity index (χ3v) is 4.16. The van der Waals surface area contributed by atoms with E-state index in [4.69, 9.17) is 14.2 Å². The van der Waals surface area contributed by atoms with Crippen molar-refractivity contribution in [2.45, 2.75) is 6.61 Å². The number of rotatable bonds is 8. The van der Waals surface area contributed by atoms with E-state index in [1.165, 1.54) is 0 Å². The molecule has 3 aromatic carbocycles. The lowest BCUT2D eigenvalue weighted by molar-refractivity contribution is 0.0955. The number of hydrogen-bond acceptors (Lipinski definition) is 5. The normalized spacial score (nSPS) is 10.6. The van der Waals surface area contributed by atoms with Gasteiger partial charge in [-0.2, -0.15) is 5.10 Å². The van der Waals surface area contributed by atoms with Gasteiger partial charge in [0.15, 0.2) is 11.5 Å². The second kappa shape index (κ2) is 9.94. The molecular formula is C23H22N2O4. The average Bonchev–Trinajstić information content (AvgIpc) is 2.78. The van der Waals surface area contributed by atoms with E-state index in [1.54, 1.807) is 50.8 Å². The van der Waals surface area contributed by atoms with Gasteiger partial charge >= 0.3 is 0 Å². The summed E-state index contributed by atoms with van der Waals surface area (Å²) in [7, 11) is 3.16. The summed E-state index contributed by atoms with van der Waals surface area (Å²) in [6, 6.07) is 22.1. The highest BCUT2D eigenvalue weighted by Crippen LogP contribution is 2.28. The van der Waals surface area contributed by atoms with Crippen LogP contribution in [0.25, 0.3) is 0 Å². The fourth-order valence-electron chi connectivity index (χ4n) is 2.59. The average molecular weight is 390 g/mol. The van der Waals surface area contributed by atoms with Crippen LogP contribution in [0, 0.1) is 0 Å². The van der Waals surface area contributed by atoms with Crippen molar-refractivity contribution in [1.29, 1.82) is 0 Å². The van der Waals surface area contributed by atoms with E-state index < -0.39 is 0 Å². The van der Waals surface area contributed by atoms with E-state index in [-0.39, 0.29) is 5.91 Å². The molecule has 6 nitrogen and oxygen atoms in total. The Morgan fingerprint density at radius 3 is 2.38 bits per heavy atom. The lowest BCUT2D eigenvalue weighted by Crippen LogP contribution is -2.17. The lowest BCUT2D eigenvalue weighted by atomic mass is 10.2. The van der Waals surface area contributed by atoms with E-state index in [0.717, 1.165) is 11.1 Å². The Hall–Kier alpha value is -3.80. The second-order valence-corrected chi connectivity index (χ2v) is 6.11. The Kier molecular flexibility index (Phi) is 6.84. The van der Waals surface area contributed by atoms with Gasteiger partial charge in [-0.05, 0) is 53.6 Å². The van der Waals surface area contributed by atoms with Crippen LogP contribution in [0.15, 0.2) is 77.9 Å². The molecule has 0 radical (unpaired) electrons. The Morgan fingerprint density at radius 2 is 1.69 bits per heavy atom. The number of hydrogen-bond donors (Lipinski definition) is 1. The maximum absolute atomic E-state index is 12.1. The molecule has 0 saturated carbocycles. The van der Waals surface area contributed by atoms with Gasteiger partial charge in [0, 0.05) is 5.56 Å². The quantitative estimate of drug-likeness (QED) is 0.465. The van der Waals surface area contributed by atoms with Gasteiger partial charge in [-0.25, -0.2) is 5.43 Å². The summed E-state index contributed by atoms with van der Waals surface area (Å²) in [6.45, 7) is 0.447. The molecule has 0 aliphatic heterocycles. The summed E-state index contributed by atoms with van der Waals surface area (Å²) in [5, 5.41) is 4.01. The fourth-order valence-corrected chi connectivity index (χ4v) is 2.59. The molecule has 0 spiro atoms. The van der Waals surface area contributed by atoms with Gasteiger partial charge in [-0.3, -0.25) is 4.79 Å². The molecule has 1 amide bonds. The van der Waals surface area contributed by atoms with Crippen molar-refractivity contribution >= 4 is 12.1 Å². The zero-order valence-electron chi connectivity index (χ0n) is 16.3. The Balaban J connectivity index is 1.60. The minimum absolute atomic E-state index is 0.307. The van der Waals surface area contributed by atoms with Crippen LogP contribution in [-0.4, -0.2) is 26.3 Å². The SMILES string of the molecule is COc1ccc(C(=O)N/N=C/c2ccc(OCc3ccccc3)c(OC)c2)cc1. The van der Waals surface area contributed by atoms with Crippen LogP contribution in [0.1, 0.15) is 21.5 Å². The maximum atomic E-state index is 12.1. The smallest absolute Gasteiger partial charge is 0.271 e. The van der Waals surface area contributed by atoms with E-state index >= 15 is 0 Å². The standard InChI is InChI=1S/C23H22N2O4/c1-27-20-11-9-19(10-12-20)23(26)25-24-15-18-8-13-21(22(14-18)28-2)29-16-17-6-4-3-5-7-17/h3-15H,16H2,1-2H3,(H,25,26)/b24-15+. The molecule has 0 aromatic heterocycles. The fraction of sp³-hybridized carbons (Fsp3) is 0.130. The summed E-state index contributed by atoms with van der Waals surface area (Å²) in [5.41, 5.74) is 4.83. The van der Waals surface area contributed by atoms with Crippen LogP contribution in [0.3, 0.4) is 0 Å². The number of hydrazone groups is 1. The highest BCUT2D eigenvalue weighted by molar-refractivity contribution is 5.95. The van der Waals surface area contributed by atoms with Gasteiger partial charge in [0.2, 0.25) is 0 Å². The van der Waals surface area contributed by atoms with Crippen LogP contribution >= 0.6 is 0 Å². The van der Waals surface area contributed by atoms with Gasteiger partial charge in [0.05, 0.1) is 20.4 Å². The van der Waals surface area contributed by atoms with Crippen LogP contribution < -0.4 is 19.6 Å². The number of ether oxygens (including phenoxy) is 3. The Bertz CT molecular complexity index is 970. The maximum Gasteiger partial charge on any atom is 0.271 e. The van der Waals surface area contributed by atoms with E-state index in [9.17, 15) is 4.79 Å². The second-order valence-electron chi connectivity index (χ2n) is 6.11. The van der Waals surface area contributed by atoms with Crippen LogP contribution in [-0.2, 0) is 6.61 Å². The van der Waals surface area contributed by atoms with E-state index in [1.807, 2.05) is 42.5 Å². The number of amides is 1. The van der Waals surface area contributed by atoms with Crippen LogP contribution in [0.5, 0.6) is 17.2 Å². The van der Waals surface area contributed by atoms with Crippen molar-refractivity contribution in [2.24, 2.45) is 5.10 Å². The van der Waals surface area contributed by atoms with Crippen molar-refractivity contribution in [3.63, 3.8) is 0 Å². The molecule has 3 rings (SSSR count). The number of nitrogens with one attached hydrogen (secondary N) is 1. The third kappa shape index (κ3) is 5.59. The van der Waals surface area contributed by atoms with Crippen molar-refractivity contribution in [2.75, 3.05) is 14.2 Å². The summed E-state index contributed by atoms with van der Waals surface area (Å²) < 4.78 is 16.3. The van der Waals surface area contributed by atoms with Gasteiger partial charge < -0.3 is 14.2 Å². The molecule has 0 aliphatic rings. The first-order valence-electron chi connectivity index (χ1n) is 9.02. The molecule has 3 aromatic rings. The first-order valence-corrected chi connectivity index (χ1v) is 9.02. The predicted molar refractivity (Wildman–Crippen MR) is 112 cm³/mol. The monoisotopic (exact) mass is 390 g/mol. The highest BCUT2D eigenvalue weighted by atomic mass is 16.5. The summed E-state index contributed by atoms with van der Waals surface area (Å²) in [4.78, 5) is 12.1. The first-order chi connectivity index (χ1) is 14.2. The largest absolute Gasteiger partial charge is 0.497 e. The minimum atomic E-state index is -0.307. The summed E-state index contributed by atoms with van der Waals surface area (Å²) >= 11 is 0. The Labute approximate surface area is 169 Å². The minimum Gasteiger partial charge on any atom is -0.497 e. The molecule has 0 bridgehead atoms. The van der Waals surface area contributed by atoms with Crippen molar-refractivity contribution in [3.05, 3.63) is 89.5 Å². The molecule has 0 saturated heterocycles. The molecule has 0 aliphatic carbocycles. The van der Waals surface area contributed by atoms with Crippen molar-refractivity contribution < 1.29 is 19.0 Å². The Morgan fingerprint density at radius 1 is 0.931 bits per heavy atom. The lowest BCUT2D eigenvalue weighted by Gasteiger charge is -2.11. The number of benzene rings is 3. The van der Waals surface area contributed by atoms with Gasteiger partial charge in [-0.1, -0.05) is 30.3 Å². The molecule has 148 valence electrons. The molecule has 29 heavy (non-hydrogen) atoms. The van der Waals surface area contributed by atoms with Gasteiger partial charge in [0.25, 0.3) is 5.91 Å². The van der Waals surface area contributed by atoms with Gasteiger partial charge in [0.1, 0.15) is 12.4 Å². The first kappa shape index (κ1) is 19.9. The number of nitrogens with zero attached hydrogens (tertiary/aromatic N) is 1. The van der Waals surface area contributed by atoms with E-state index in [0.29, 0.717) is 29.4 Å². The number of methoxy groups -OCH3 is 2. The summed E-state index contributed by atoms with van der Waals surface area (Å²) in [5.74, 6) is 1.60. The predicted octanol–water partition coefficient (Wildman–Crippen LogP) is 4.05. The molecule has 6 heteroatoms. The number of carbonyl (C=O) groups is 1. The topological polar surface area (TPSA) is 69.2 Å². The highest BCUT2D eigenvalue weighted by Gasteiger charge is 2.07. The molecule has 0 unspecified atom stereocenters. The zero-order chi connectivity index (χ0) is 20.5. The van der Waals surface area contributed by atoms with Crippen molar-refractivity contribution in [3.8, 4) is 17.2 Å². The summed E-state index contributed by atoms with van der Waals surface area (Å²) in [6.07, 6.45) is 1.55. The molecule has 0 fully saturated rings. The van der Waals surface area contributed by atoms with Crippen LogP contribution in [0.4, 0.5) is 0 Å². The van der Waals surface area contributed by atoms with Crippen molar-refractivity contribution in [1.82, 2.24) is 5.43 Å². The third-order valence-electron chi connectivity index (χ3n) is 4.16. The van der Waals surface area contributed by atoms with Crippen LogP contribution in [0.2, 0.25) is 0 Å². The molecular weight excluding hydrogens is 368 g/mol. The zero-order valence-corrected chi connectivity index (χ0v) is 16.3. The molecule has 0 heterocycles. The van der Waals surface area contributed by atoms with Gasteiger partial charge in [-0.15, -0.1) is 0 Å².